The summed E-state index contributed by atoms with van der Waals surface area (Å²) < 4.78 is 22.5. The predicted molar refractivity (Wildman–Crippen MR) is 76.1 cm³/mol. The minimum Gasteiger partial charge on any atom is -0.352 e. The van der Waals surface area contributed by atoms with E-state index in [-0.39, 0.29) is 10.8 Å². The second kappa shape index (κ2) is 6.19. The molecule has 1 aromatic rings. The number of amides is 1. The first-order chi connectivity index (χ1) is 9.45. The molecular formula is C14H18N2O3S. The Balaban J connectivity index is 1.90. The Bertz CT molecular complexity index is 623. The molecule has 0 aliphatic heterocycles. The van der Waals surface area contributed by atoms with E-state index in [0.717, 1.165) is 12.8 Å². The van der Waals surface area contributed by atoms with E-state index in [1.807, 2.05) is 0 Å². The SMILES string of the molecule is NS(=O)(=O)c1cccc(CNC(=O)C[C@H]2C=CCC2)c1. The van der Waals surface area contributed by atoms with E-state index in [2.05, 4.69) is 17.5 Å². The summed E-state index contributed by atoms with van der Waals surface area (Å²) in [5, 5.41) is 7.86. The molecule has 0 fully saturated rings. The summed E-state index contributed by atoms with van der Waals surface area (Å²) in [5.41, 5.74) is 0.715. The second-order valence-electron chi connectivity index (χ2n) is 4.94. The van der Waals surface area contributed by atoms with E-state index in [4.69, 9.17) is 5.14 Å². The molecule has 0 aromatic heterocycles. The van der Waals surface area contributed by atoms with Crippen LogP contribution in [0, 0.1) is 5.92 Å². The number of nitrogens with two attached hydrogens (primary N) is 1. The van der Waals surface area contributed by atoms with Crippen LogP contribution in [0.5, 0.6) is 0 Å². The molecule has 0 saturated heterocycles. The zero-order valence-electron chi connectivity index (χ0n) is 11.1. The van der Waals surface area contributed by atoms with Crippen LogP contribution in [0.2, 0.25) is 0 Å². The predicted octanol–water partition coefficient (Wildman–Crippen LogP) is 1.31. The summed E-state index contributed by atoms with van der Waals surface area (Å²) in [7, 11) is -3.70. The molecule has 2 rings (SSSR count). The van der Waals surface area contributed by atoms with Crippen LogP contribution in [0.25, 0.3) is 0 Å². The summed E-state index contributed by atoms with van der Waals surface area (Å²) in [5.74, 6) is 0.299. The highest BCUT2D eigenvalue weighted by atomic mass is 32.2. The van der Waals surface area contributed by atoms with E-state index < -0.39 is 10.0 Å². The Morgan fingerprint density at radius 1 is 1.40 bits per heavy atom. The van der Waals surface area contributed by atoms with E-state index in [1.165, 1.54) is 12.1 Å². The fourth-order valence-corrected chi connectivity index (χ4v) is 2.79. The van der Waals surface area contributed by atoms with E-state index in [1.54, 1.807) is 12.1 Å². The molecule has 1 amide bonds. The average molecular weight is 294 g/mol. The van der Waals surface area contributed by atoms with Crippen LogP contribution in [0.1, 0.15) is 24.8 Å². The molecule has 1 atom stereocenters. The molecule has 0 heterocycles. The van der Waals surface area contributed by atoms with Gasteiger partial charge in [0.25, 0.3) is 0 Å². The van der Waals surface area contributed by atoms with Crippen molar-refractivity contribution < 1.29 is 13.2 Å². The number of benzene rings is 1. The maximum atomic E-state index is 11.8. The average Bonchev–Trinajstić information content (AvgIpc) is 2.88. The maximum absolute atomic E-state index is 11.8. The van der Waals surface area contributed by atoms with Crippen LogP contribution >= 0.6 is 0 Å². The molecular weight excluding hydrogens is 276 g/mol. The molecule has 0 unspecified atom stereocenters. The van der Waals surface area contributed by atoms with E-state index in [0.29, 0.717) is 24.4 Å². The van der Waals surface area contributed by atoms with Gasteiger partial charge in [-0.25, -0.2) is 13.6 Å². The molecule has 5 nitrogen and oxygen atoms in total. The van der Waals surface area contributed by atoms with Gasteiger partial charge < -0.3 is 5.32 Å². The number of hydrogen-bond acceptors (Lipinski definition) is 3. The number of hydrogen-bond donors (Lipinski definition) is 2. The molecule has 1 aromatic carbocycles. The Hall–Kier alpha value is -1.66. The molecule has 0 bridgehead atoms. The number of rotatable bonds is 5. The number of carbonyl (C=O) groups is 1. The van der Waals surface area contributed by atoms with Crippen molar-refractivity contribution in [3.05, 3.63) is 42.0 Å². The van der Waals surface area contributed by atoms with Crippen LogP contribution < -0.4 is 10.5 Å². The van der Waals surface area contributed by atoms with Gasteiger partial charge in [-0.1, -0.05) is 24.3 Å². The minimum atomic E-state index is -3.70. The van der Waals surface area contributed by atoms with E-state index in [9.17, 15) is 13.2 Å². The number of nitrogens with one attached hydrogen (secondary N) is 1. The molecule has 0 radical (unpaired) electrons. The lowest BCUT2D eigenvalue weighted by molar-refractivity contribution is -0.121. The van der Waals surface area contributed by atoms with Crippen LogP contribution in [0.15, 0.2) is 41.3 Å². The van der Waals surface area contributed by atoms with Gasteiger partial charge in [0.15, 0.2) is 0 Å². The monoisotopic (exact) mass is 294 g/mol. The first-order valence-corrected chi connectivity index (χ1v) is 8.05. The maximum Gasteiger partial charge on any atom is 0.238 e. The zero-order chi connectivity index (χ0) is 14.6. The lowest BCUT2D eigenvalue weighted by atomic mass is 10.1. The van der Waals surface area contributed by atoms with Crippen molar-refractivity contribution in [1.29, 1.82) is 0 Å². The van der Waals surface area contributed by atoms with Crippen molar-refractivity contribution in [2.75, 3.05) is 0 Å². The number of carbonyl (C=O) groups excluding carboxylic acids is 1. The van der Waals surface area contributed by atoms with Gasteiger partial charge >= 0.3 is 0 Å². The molecule has 3 N–H and O–H groups in total. The highest BCUT2D eigenvalue weighted by Crippen LogP contribution is 2.20. The molecule has 108 valence electrons. The quantitative estimate of drug-likeness (QED) is 0.802. The molecule has 1 aliphatic rings. The summed E-state index contributed by atoms with van der Waals surface area (Å²) in [6.45, 7) is 0.304. The van der Waals surface area contributed by atoms with Gasteiger partial charge in [-0.2, -0.15) is 0 Å². The molecule has 6 heteroatoms. The lowest BCUT2D eigenvalue weighted by Gasteiger charge is -2.09. The highest BCUT2D eigenvalue weighted by molar-refractivity contribution is 7.89. The topological polar surface area (TPSA) is 89.3 Å². The Kier molecular flexibility index (Phi) is 4.57. The number of allylic oxidation sites excluding steroid dienone is 2. The van der Waals surface area contributed by atoms with Crippen molar-refractivity contribution in [2.24, 2.45) is 11.1 Å². The van der Waals surface area contributed by atoms with Crippen molar-refractivity contribution in [3.8, 4) is 0 Å². The molecule has 0 spiro atoms. The Labute approximate surface area is 118 Å². The first-order valence-electron chi connectivity index (χ1n) is 6.50. The largest absolute Gasteiger partial charge is 0.352 e. The van der Waals surface area contributed by atoms with Gasteiger partial charge in [-0.05, 0) is 36.5 Å². The normalized spacial score (nSPS) is 18.1. The Morgan fingerprint density at radius 2 is 2.20 bits per heavy atom. The van der Waals surface area contributed by atoms with Gasteiger partial charge in [-0.3, -0.25) is 4.79 Å². The zero-order valence-corrected chi connectivity index (χ0v) is 11.9. The first kappa shape index (κ1) is 14.7. The van der Waals surface area contributed by atoms with E-state index >= 15 is 0 Å². The third kappa shape index (κ3) is 4.18. The highest BCUT2D eigenvalue weighted by Gasteiger charge is 2.14. The summed E-state index contributed by atoms with van der Waals surface area (Å²) in [4.78, 5) is 11.8. The van der Waals surface area contributed by atoms with Crippen molar-refractivity contribution >= 4 is 15.9 Å². The van der Waals surface area contributed by atoms with Crippen molar-refractivity contribution in [2.45, 2.75) is 30.7 Å². The van der Waals surface area contributed by atoms with Crippen LogP contribution in [-0.2, 0) is 21.4 Å². The fourth-order valence-electron chi connectivity index (χ4n) is 2.21. The van der Waals surface area contributed by atoms with Gasteiger partial charge in [0.05, 0.1) is 4.90 Å². The molecule has 1 aliphatic carbocycles. The number of primary sulfonamides is 1. The standard InChI is InChI=1S/C14H18N2O3S/c15-20(18,19)13-7-3-6-12(8-13)10-16-14(17)9-11-4-1-2-5-11/h1,3-4,6-8,11H,2,5,9-10H2,(H,16,17)(H2,15,18,19)/t11-/m0/s1. The smallest absolute Gasteiger partial charge is 0.238 e. The van der Waals surface area contributed by atoms with Crippen LogP contribution in [0.4, 0.5) is 0 Å². The van der Waals surface area contributed by atoms with Gasteiger partial charge in [0, 0.05) is 13.0 Å². The van der Waals surface area contributed by atoms with Crippen LogP contribution in [0.3, 0.4) is 0 Å². The van der Waals surface area contributed by atoms with Crippen molar-refractivity contribution in [3.63, 3.8) is 0 Å². The lowest BCUT2D eigenvalue weighted by Crippen LogP contribution is -2.24. The Morgan fingerprint density at radius 3 is 2.85 bits per heavy atom. The third-order valence-electron chi connectivity index (χ3n) is 3.28. The molecule has 0 saturated carbocycles. The summed E-state index contributed by atoms with van der Waals surface area (Å²) in [6.07, 6.45) is 6.70. The summed E-state index contributed by atoms with van der Waals surface area (Å²) in [6, 6.07) is 6.28. The van der Waals surface area contributed by atoms with Gasteiger partial charge in [0.2, 0.25) is 15.9 Å². The molecule has 20 heavy (non-hydrogen) atoms. The van der Waals surface area contributed by atoms with Gasteiger partial charge in [-0.15, -0.1) is 0 Å². The summed E-state index contributed by atoms with van der Waals surface area (Å²) >= 11 is 0. The van der Waals surface area contributed by atoms with Crippen molar-refractivity contribution in [1.82, 2.24) is 5.32 Å². The van der Waals surface area contributed by atoms with Crippen LogP contribution in [-0.4, -0.2) is 14.3 Å². The number of sulfonamides is 1. The fraction of sp³-hybridized carbons (Fsp3) is 0.357. The minimum absolute atomic E-state index is 0.0254. The van der Waals surface area contributed by atoms with Gasteiger partial charge in [0.1, 0.15) is 0 Å². The second-order valence-corrected chi connectivity index (χ2v) is 6.50. The third-order valence-corrected chi connectivity index (χ3v) is 4.19.